The van der Waals surface area contributed by atoms with Gasteiger partial charge in [-0.3, -0.25) is 4.68 Å². The highest BCUT2D eigenvalue weighted by Crippen LogP contribution is 2.29. The quantitative estimate of drug-likeness (QED) is 0.717. The monoisotopic (exact) mass is 219 g/mol. The lowest BCUT2D eigenvalue weighted by Crippen LogP contribution is -2.17. The Bertz CT molecular complexity index is 345. The molecule has 0 aliphatic carbocycles. The Balaban J connectivity index is 2.14. The van der Waals surface area contributed by atoms with Crippen LogP contribution < -0.4 is 0 Å². The first-order valence-electron chi connectivity index (χ1n) is 4.78. The lowest BCUT2D eigenvalue weighted by Gasteiger charge is -2.10. The van der Waals surface area contributed by atoms with Gasteiger partial charge in [-0.2, -0.15) is 18.3 Å². The van der Waals surface area contributed by atoms with Crippen LogP contribution in [0, 0.1) is 0 Å². The number of halogens is 3. The largest absolute Gasteiger partial charge is 0.435 e. The SMILES string of the molecule is CN1CCC(n2ccc(C(F)(F)F)n2)C1. The molecule has 0 radical (unpaired) electrons. The average Bonchev–Trinajstić information content (AvgIpc) is 2.69. The van der Waals surface area contributed by atoms with Gasteiger partial charge in [0.15, 0.2) is 5.69 Å². The molecule has 0 N–H and O–H groups in total. The van der Waals surface area contributed by atoms with Crippen LogP contribution in [-0.4, -0.2) is 34.8 Å². The Kier molecular flexibility index (Phi) is 2.46. The zero-order valence-electron chi connectivity index (χ0n) is 8.33. The van der Waals surface area contributed by atoms with Crippen LogP contribution in [0.15, 0.2) is 12.3 Å². The van der Waals surface area contributed by atoms with E-state index in [9.17, 15) is 13.2 Å². The van der Waals surface area contributed by atoms with E-state index in [0.29, 0.717) is 0 Å². The third-order valence-corrected chi connectivity index (χ3v) is 2.64. The van der Waals surface area contributed by atoms with Gasteiger partial charge in [-0.1, -0.05) is 0 Å². The molecule has 0 aromatic carbocycles. The zero-order chi connectivity index (χ0) is 11.1. The normalized spacial score (nSPS) is 23.6. The van der Waals surface area contributed by atoms with E-state index in [-0.39, 0.29) is 6.04 Å². The minimum absolute atomic E-state index is 0.0751. The molecule has 0 bridgehead atoms. The molecule has 1 aromatic rings. The van der Waals surface area contributed by atoms with Crippen molar-refractivity contribution >= 4 is 0 Å². The number of alkyl halides is 3. The van der Waals surface area contributed by atoms with Crippen LogP contribution >= 0.6 is 0 Å². The van der Waals surface area contributed by atoms with Gasteiger partial charge in [-0.25, -0.2) is 0 Å². The highest BCUT2D eigenvalue weighted by molar-refractivity contribution is 5.04. The van der Waals surface area contributed by atoms with Crippen molar-refractivity contribution < 1.29 is 13.2 Å². The van der Waals surface area contributed by atoms with E-state index < -0.39 is 11.9 Å². The summed E-state index contributed by atoms with van der Waals surface area (Å²) in [4.78, 5) is 2.08. The fourth-order valence-corrected chi connectivity index (χ4v) is 1.82. The molecule has 0 spiro atoms. The second-order valence-corrected chi connectivity index (χ2v) is 3.88. The third kappa shape index (κ3) is 2.14. The van der Waals surface area contributed by atoms with E-state index in [4.69, 9.17) is 0 Å². The van der Waals surface area contributed by atoms with Gasteiger partial charge in [0, 0.05) is 12.7 Å². The van der Waals surface area contributed by atoms with Crippen molar-refractivity contribution in [3.8, 4) is 0 Å². The summed E-state index contributed by atoms with van der Waals surface area (Å²) < 4.78 is 38.3. The molecule has 1 aliphatic rings. The molecule has 6 heteroatoms. The minimum Gasteiger partial charge on any atom is -0.304 e. The van der Waals surface area contributed by atoms with Crippen LogP contribution in [0.25, 0.3) is 0 Å². The Morgan fingerprint density at radius 1 is 1.47 bits per heavy atom. The summed E-state index contributed by atoms with van der Waals surface area (Å²) in [6.45, 7) is 1.67. The topological polar surface area (TPSA) is 21.1 Å². The van der Waals surface area contributed by atoms with Crippen molar-refractivity contribution in [1.29, 1.82) is 0 Å². The van der Waals surface area contributed by atoms with Gasteiger partial charge >= 0.3 is 6.18 Å². The smallest absolute Gasteiger partial charge is 0.304 e. The summed E-state index contributed by atoms with van der Waals surface area (Å²) in [7, 11) is 1.95. The molecule has 0 saturated carbocycles. The van der Waals surface area contributed by atoms with Crippen LogP contribution in [0.4, 0.5) is 13.2 Å². The van der Waals surface area contributed by atoms with Crippen LogP contribution in [0.3, 0.4) is 0 Å². The molecule has 3 nitrogen and oxygen atoms in total. The fourth-order valence-electron chi connectivity index (χ4n) is 1.82. The van der Waals surface area contributed by atoms with E-state index in [1.807, 2.05) is 7.05 Å². The molecule has 15 heavy (non-hydrogen) atoms. The molecule has 1 atom stereocenters. The molecule has 84 valence electrons. The maximum Gasteiger partial charge on any atom is 0.435 e. The first kappa shape index (κ1) is 10.5. The van der Waals surface area contributed by atoms with Crippen LogP contribution in [0.2, 0.25) is 0 Å². The second-order valence-electron chi connectivity index (χ2n) is 3.88. The predicted molar refractivity (Wildman–Crippen MR) is 48.4 cm³/mol. The van der Waals surface area contributed by atoms with Gasteiger partial charge in [0.1, 0.15) is 0 Å². The number of rotatable bonds is 1. The predicted octanol–water partition coefficient (Wildman–Crippen LogP) is 1.78. The Morgan fingerprint density at radius 3 is 2.67 bits per heavy atom. The molecule has 1 aliphatic heterocycles. The molecule has 2 heterocycles. The summed E-state index contributed by atoms with van der Waals surface area (Å²) in [5, 5.41) is 3.56. The molecular formula is C9H12F3N3. The number of likely N-dealkylation sites (tertiary alicyclic amines) is 1. The summed E-state index contributed by atoms with van der Waals surface area (Å²) >= 11 is 0. The van der Waals surface area contributed by atoms with Crippen molar-refractivity contribution in [1.82, 2.24) is 14.7 Å². The molecular weight excluding hydrogens is 207 g/mol. The lowest BCUT2D eigenvalue weighted by molar-refractivity contribution is -0.141. The van der Waals surface area contributed by atoms with E-state index in [1.165, 1.54) is 10.9 Å². The Labute approximate surface area is 85.5 Å². The second kappa shape index (κ2) is 3.52. The first-order valence-corrected chi connectivity index (χ1v) is 4.78. The highest BCUT2D eigenvalue weighted by atomic mass is 19.4. The number of hydrogen-bond acceptors (Lipinski definition) is 2. The van der Waals surface area contributed by atoms with E-state index in [1.54, 1.807) is 0 Å². The first-order chi connectivity index (χ1) is 6.97. The van der Waals surface area contributed by atoms with Crippen molar-refractivity contribution in [3.05, 3.63) is 18.0 Å². The van der Waals surface area contributed by atoms with Gasteiger partial charge in [0.25, 0.3) is 0 Å². The van der Waals surface area contributed by atoms with Crippen molar-refractivity contribution in [2.75, 3.05) is 20.1 Å². The van der Waals surface area contributed by atoms with Crippen LogP contribution in [-0.2, 0) is 6.18 Å². The van der Waals surface area contributed by atoms with Gasteiger partial charge in [-0.15, -0.1) is 0 Å². The molecule has 0 amide bonds. The number of hydrogen-bond donors (Lipinski definition) is 0. The van der Waals surface area contributed by atoms with E-state index in [2.05, 4.69) is 10.00 Å². The number of likely N-dealkylation sites (N-methyl/N-ethyl adjacent to an activating group) is 1. The summed E-state index contributed by atoms with van der Waals surface area (Å²) in [5.41, 5.74) is -0.808. The average molecular weight is 219 g/mol. The van der Waals surface area contributed by atoms with Crippen molar-refractivity contribution in [2.24, 2.45) is 0 Å². The maximum absolute atomic E-state index is 12.3. The van der Waals surface area contributed by atoms with Gasteiger partial charge in [0.05, 0.1) is 6.04 Å². The Morgan fingerprint density at radius 2 is 2.20 bits per heavy atom. The molecule has 1 fully saturated rings. The van der Waals surface area contributed by atoms with Crippen LogP contribution in [0.1, 0.15) is 18.2 Å². The number of nitrogens with zero attached hydrogens (tertiary/aromatic N) is 3. The van der Waals surface area contributed by atoms with E-state index >= 15 is 0 Å². The van der Waals surface area contributed by atoms with Gasteiger partial charge in [-0.05, 0) is 26.1 Å². The lowest BCUT2D eigenvalue weighted by atomic mass is 10.3. The van der Waals surface area contributed by atoms with Gasteiger partial charge in [0.2, 0.25) is 0 Å². The van der Waals surface area contributed by atoms with Crippen LogP contribution in [0.5, 0.6) is 0 Å². The maximum atomic E-state index is 12.3. The molecule has 1 unspecified atom stereocenters. The van der Waals surface area contributed by atoms with Crippen molar-refractivity contribution in [2.45, 2.75) is 18.6 Å². The molecule has 1 aromatic heterocycles. The molecule has 2 rings (SSSR count). The highest BCUT2D eigenvalue weighted by Gasteiger charge is 2.34. The fraction of sp³-hybridized carbons (Fsp3) is 0.667. The van der Waals surface area contributed by atoms with Crippen molar-refractivity contribution in [3.63, 3.8) is 0 Å². The van der Waals surface area contributed by atoms with Gasteiger partial charge < -0.3 is 4.90 Å². The summed E-state index contributed by atoms with van der Waals surface area (Å²) in [6.07, 6.45) is -2.07. The standard InChI is InChI=1S/C9H12F3N3/c1-14-4-2-7(6-14)15-5-3-8(13-15)9(10,11)12/h3,5,7H,2,4,6H2,1H3. The third-order valence-electron chi connectivity index (χ3n) is 2.64. The summed E-state index contributed by atoms with van der Waals surface area (Å²) in [5.74, 6) is 0. The Hall–Kier alpha value is -1.04. The minimum atomic E-state index is -4.34. The zero-order valence-corrected chi connectivity index (χ0v) is 8.33. The molecule has 1 saturated heterocycles. The van der Waals surface area contributed by atoms with E-state index in [0.717, 1.165) is 25.6 Å². The summed E-state index contributed by atoms with van der Waals surface area (Å²) in [6, 6.07) is 1.10. The number of aromatic nitrogens is 2.